The van der Waals surface area contributed by atoms with Crippen LogP contribution in [-0.4, -0.2) is 56.1 Å². The number of hydrogen-bond donors (Lipinski definition) is 3. The predicted molar refractivity (Wildman–Crippen MR) is 151 cm³/mol. The number of rotatable bonds is 8. The lowest BCUT2D eigenvalue weighted by atomic mass is 10.1. The molecule has 3 aromatic rings. The van der Waals surface area contributed by atoms with Crippen molar-refractivity contribution in [3.8, 4) is 0 Å². The standard InChI is InChI=1S/C30H37N5O2/c1-3-31-30(37)35-19-7-18-34(20-21-35)28-15-14-25(22-27(28)33-26-8-5-4-6-9-26)29(36)32-17-16-24-12-10-23(2)11-13-24/h4-6,8-15,22,33H,3,7,16-21H2,1-2H3,(H,31,37)(H,32,36). The average molecular weight is 500 g/mol. The van der Waals surface area contributed by atoms with E-state index in [1.54, 1.807) is 0 Å². The summed E-state index contributed by atoms with van der Waals surface area (Å²) >= 11 is 0. The molecule has 0 aliphatic carbocycles. The van der Waals surface area contributed by atoms with Gasteiger partial charge in [0.25, 0.3) is 5.91 Å². The Morgan fingerprint density at radius 3 is 2.41 bits per heavy atom. The first kappa shape index (κ1) is 26.1. The second-order valence-corrected chi connectivity index (χ2v) is 9.38. The van der Waals surface area contributed by atoms with Gasteiger partial charge in [0.1, 0.15) is 0 Å². The van der Waals surface area contributed by atoms with Gasteiger partial charge in [-0.3, -0.25) is 4.79 Å². The van der Waals surface area contributed by atoms with Crippen molar-refractivity contribution in [3.63, 3.8) is 0 Å². The number of nitrogens with one attached hydrogen (secondary N) is 3. The third-order valence-electron chi connectivity index (χ3n) is 6.58. The second-order valence-electron chi connectivity index (χ2n) is 9.38. The maximum Gasteiger partial charge on any atom is 0.317 e. The fourth-order valence-corrected chi connectivity index (χ4v) is 4.53. The molecule has 1 aliphatic heterocycles. The van der Waals surface area contributed by atoms with Crippen molar-refractivity contribution in [3.05, 3.63) is 89.5 Å². The lowest BCUT2D eigenvalue weighted by Gasteiger charge is -2.27. The van der Waals surface area contributed by atoms with Crippen LogP contribution in [0.25, 0.3) is 0 Å². The summed E-state index contributed by atoms with van der Waals surface area (Å²) in [7, 11) is 0. The molecule has 1 aliphatic rings. The van der Waals surface area contributed by atoms with Crippen LogP contribution in [0, 0.1) is 6.92 Å². The Morgan fingerprint density at radius 1 is 0.865 bits per heavy atom. The number of anilines is 3. The molecule has 0 unspecified atom stereocenters. The number of para-hydroxylation sites is 1. The Hall–Kier alpha value is -4.00. The number of carbonyl (C=O) groups excluding carboxylic acids is 2. The summed E-state index contributed by atoms with van der Waals surface area (Å²) in [5, 5.41) is 9.48. The Balaban J connectivity index is 1.49. The van der Waals surface area contributed by atoms with Gasteiger partial charge in [-0.15, -0.1) is 0 Å². The van der Waals surface area contributed by atoms with Gasteiger partial charge in [-0.25, -0.2) is 4.79 Å². The molecule has 1 heterocycles. The highest BCUT2D eigenvalue weighted by molar-refractivity contribution is 5.96. The van der Waals surface area contributed by atoms with Crippen LogP contribution in [-0.2, 0) is 6.42 Å². The van der Waals surface area contributed by atoms with E-state index in [9.17, 15) is 9.59 Å². The fraction of sp³-hybridized carbons (Fsp3) is 0.333. The van der Waals surface area contributed by atoms with Crippen LogP contribution in [0.4, 0.5) is 21.9 Å². The topological polar surface area (TPSA) is 76.7 Å². The molecule has 3 aromatic carbocycles. The van der Waals surface area contributed by atoms with E-state index < -0.39 is 0 Å². The molecular formula is C30H37N5O2. The largest absolute Gasteiger partial charge is 0.368 e. The molecule has 0 saturated carbocycles. The van der Waals surface area contributed by atoms with E-state index in [1.165, 1.54) is 11.1 Å². The molecule has 0 atom stereocenters. The molecule has 0 aromatic heterocycles. The van der Waals surface area contributed by atoms with Crippen molar-refractivity contribution >= 4 is 29.0 Å². The van der Waals surface area contributed by atoms with Crippen molar-refractivity contribution in [1.82, 2.24) is 15.5 Å². The number of hydrogen-bond acceptors (Lipinski definition) is 4. The van der Waals surface area contributed by atoms with Gasteiger partial charge in [-0.1, -0.05) is 48.0 Å². The van der Waals surface area contributed by atoms with Crippen molar-refractivity contribution in [2.75, 3.05) is 49.5 Å². The molecule has 7 heteroatoms. The summed E-state index contributed by atoms with van der Waals surface area (Å²) < 4.78 is 0. The smallest absolute Gasteiger partial charge is 0.317 e. The normalized spacial score (nSPS) is 13.6. The highest BCUT2D eigenvalue weighted by Crippen LogP contribution is 2.31. The van der Waals surface area contributed by atoms with E-state index in [4.69, 9.17) is 0 Å². The Morgan fingerprint density at radius 2 is 1.65 bits per heavy atom. The van der Waals surface area contributed by atoms with Crippen molar-refractivity contribution in [2.45, 2.75) is 26.7 Å². The average Bonchev–Trinajstić information content (AvgIpc) is 3.17. The van der Waals surface area contributed by atoms with Crippen LogP contribution in [0.1, 0.15) is 34.8 Å². The Bertz CT molecular complexity index is 1180. The highest BCUT2D eigenvalue weighted by Gasteiger charge is 2.21. The molecule has 1 saturated heterocycles. The number of carbonyl (C=O) groups is 2. The number of benzene rings is 3. The maximum atomic E-state index is 13.0. The SMILES string of the molecule is CCNC(=O)N1CCCN(c2ccc(C(=O)NCCc3ccc(C)cc3)cc2Nc2ccccc2)CC1. The first-order valence-electron chi connectivity index (χ1n) is 13.1. The van der Waals surface area contributed by atoms with Gasteiger partial charge in [0.15, 0.2) is 0 Å². The van der Waals surface area contributed by atoms with Crippen LogP contribution in [0.3, 0.4) is 0 Å². The lowest BCUT2D eigenvalue weighted by Crippen LogP contribution is -2.42. The molecule has 194 valence electrons. The number of nitrogens with zero attached hydrogens (tertiary/aromatic N) is 2. The fourth-order valence-electron chi connectivity index (χ4n) is 4.53. The van der Waals surface area contributed by atoms with Crippen molar-refractivity contribution in [1.29, 1.82) is 0 Å². The minimum absolute atomic E-state index is 0.00959. The van der Waals surface area contributed by atoms with Gasteiger partial charge in [0.05, 0.1) is 11.4 Å². The molecule has 1 fully saturated rings. The molecule has 3 N–H and O–H groups in total. The summed E-state index contributed by atoms with van der Waals surface area (Å²) in [5.41, 5.74) is 5.91. The van der Waals surface area contributed by atoms with E-state index in [0.717, 1.165) is 49.5 Å². The van der Waals surface area contributed by atoms with E-state index in [2.05, 4.69) is 52.0 Å². The van der Waals surface area contributed by atoms with Crippen LogP contribution >= 0.6 is 0 Å². The van der Waals surface area contributed by atoms with Crippen LogP contribution in [0.2, 0.25) is 0 Å². The molecule has 37 heavy (non-hydrogen) atoms. The van der Waals surface area contributed by atoms with Gasteiger partial charge in [0, 0.05) is 50.5 Å². The molecule has 0 radical (unpaired) electrons. The summed E-state index contributed by atoms with van der Waals surface area (Å²) in [4.78, 5) is 29.5. The molecule has 7 nitrogen and oxygen atoms in total. The first-order chi connectivity index (χ1) is 18.0. The lowest BCUT2D eigenvalue weighted by molar-refractivity contribution is 0.0954. The van der Waals surface area contributed by atoms with Gasteiger partial charge in [-0.2, -0.15) is 0 Å². The van der Waals surface area contributed by atoms with Crippen molar-refractivity contribution < 1.29 is 9.59 Å². The van der Waals surface area contributed by atoms with E-state index in [1.807, 2.05) is 60.4 Å². The number of amides is 3. The van der Waals surface area contributed by atoms with Gasteiger partial charge >= 0.3 is 6.03 Å². The van der Waals surface area contributed by atoms with Crippen molar-refractivity contribution in [2.24, 2.45) is 0 Å². The highest BCUT2D eigenvalue weighted by atomic mass is 16.2. The first-order valence-corrected chi connectivity index (χ1v) is 13.1. The molecule has 0 spiro atoms. The number of aryl methyl sites for hydroxylation is 1. The Kier molecular flexibility index (Phi) is 9.03. The second kappa shape index (κ2) is 12.8. The maximum absolute atomic E-state index is 13.0. The van der Waals surface area contributed by atoms with E-state index >= 15 is 0 Å². The molecular weight excluding hydrogens is 462 g/mol. The number of urea groups is 1. The van der Waals surface area contributed by atoms with Gasteiger partial charge in [-0.05, 0) is 62.6 Å². The van der Waals surface area contributed by atoms with Crippen LogP contribution in [0.15, 0.2) is 72.8 Å². The zero-order valence-corrected chi connectivity index (χ0v) is 21.8. The minimum atomic E-state index is -0.0898. The summed E-state index contributed by atoms with van der Waals surface area (Å²) in [6.07, 6.45) is 1.66. The quantitative estimate of drug-likeness (QED) is 0.410. The van der Waals surface area contributed by atoms with Crippen LogP contribution < -0.4 is 20.9 Å². The van der Waals surface area contributed by atoms with Gasteiger partial charge < -0.3 is 25.8 Å². The van der Waals surface area contributed by atoms with Crippen LogP contribution in [0.5, 0.6) is 0 Å². The third kappa shape index (κ3) is 7.26. The van der Waals surface area contributed by atoms with E-state index in [-0.39, 0.29) is 11.9 Å². The molecule has 4 rings (SSSR count). The van der Waals surface area contributed by atoms with E-state index in [0.29, 0.717) is 25.2 Å². The third-order valence-corrected chi connectivity index (χ3v) is 6.58. The molecule has 3 amide bonds. The predicted octanol–water partition coefficient (Wildman–Crippen LogP) is 4.95. The Labute approximate surface area is 219 Å². The molecule has 0 bridgehead atoms. The zero-order chi connectivity index (χ0) is 26.0. The van der Waals surface area contributed by atoms with Gasteiger partial charge in [0.2, 0.25) is 0 Å². The minimum Gasteiger partial charge on any atom is -0.368 e. The zero-order valence-electron chi connectivity index (χ0n) is 21.8. The summed E-state index contributed by atoms with van der Waals surface area (Å²) in [6.45, 7) is 8.14. The monoisotopic (exact) mass is 499 g/mol. The summed E-state index contributed by atoms with van der Waals surface area (Å²) in [5.74, 6) is -0.0898. The summed E-state index contributed by atoms with van der Waals surface area (Å²) in [6, 6.07) is 24.2.